The van der Waals surface area contributed by atoms with Crippen LogP contribution in [0.1, 0.15) is 25.3 Å². The lowest BCUT2D eigenvalue weighted by Gasteiger charge is -2.15. The van der Waals surface area contributed by atoms with Gasteiger partial charge in [-0.2, -0.15) is 0 Å². The van der Waals surface area contributed by atoms with Crippen LogP contribution in [-0.2, 0) is 4.79 Å². The molecule has 0 fully saturated rings. The molecule has 5 nitrogen and oxygen atoms in total. The van der Waals surface area contributed by atoms with Gasteiger partial charge in [0.15, 0.2) is 0 Å². The highest BCUT2D eigenvalue weighted by molar-refractivity contribution is 6.34. The quantitative estimate of drug-likeness (QED) is 0.777. The fourth-order valence-electron chi connectivity index (χ4n) is 1.61. The van der Waals surface area contributed by atoms with Crippen LogP contribution in [0.5, 0.6) is 0 Å². The first kappa shape index (κ1) is 15.3. The Morgan fingerprint density at radius 1 is 1.42 bits per heavy atom. The summed E-state index contributed by atoms with van der Waals surface area (Å²) in [6.07, 6.45) is 1.05. The second-order valence-corrected chi connectivity index (χ2v) is 4.59. The summed E-state index contributed by atoms with van der Waals surface area (Å²) >= 11 is 6.04. The fourth-order valence-corrected chi connectivity index (χ4v) is 1.78. The van der Waals surface area contributed by atoms with Crippen molar-refractivity contribution in [2.45, 2.75) is 32.7 Å². The van der Waals surface area contributed by atoms with Crippen molar-refractivity contribution in [2.75, 3.05) is 5.32 Å². The monoisotopic (exact) mass is 284 g/mol. The summed E-state index contributed by atoms with van der Waals surface area (Å²) < 4.78 is 0. The zero-order valence-electron chi connectivity index (χ0n) is 10.9. The summed E-state index contributed by atoms with van der Waals surface area (Å²) in [6, 6.07) is 3.77. The Balaban J connectivity index is 2.69. The number of hydrogen-bond donors (Lipinski definition) is 3. The minimum Gasteiger partial charge on any atom is -0.480 e. The van der Waals surface area contributed by atoms with E-state index in [0.717, 1.165) is 5.56 Å². The number of carboxylic acid groups (broad SMARTS) is 1. The lowest BCUT2D eigenvalue weighted by molar-refractivity contribution is -0.139. The first-order valence-electron chi connectivity index (χ1n) is 6.01. The highest BCUT2D eigenvalue weighted by atomic mass is 35.5. The van der Waals surface area contributed by atoms with Gasteiger partial charge in [0, 0.05) is 0 Å². The highest BCUT2D eigenvalue weighted by Gasteiger charge is 2.19. The maximum atomic E-state index is 11.7. The third kappa shape index (κ3) is 4.44. The van der Waals surface area contributed by atoms with Crippen LogP contribution in [0.2, 0.25) is 5.02 Å². The Hall–Kier alpha value is -1.75. The molecule has 104 valence electrons. The SMILES string of the molecule is CCC[C@H](NC(=O)Nc1cccc(C)c1Cl)C(=O)O. The molecule has 0 aromatic heterocycles. The van der Waals surface area contributed by atoms with Gasteiger partial charge in [0.25, 0.3) is 0 Å². The van der Waals surface area contributed by atoms with Crippen molar-refractivity contribution in [1.29, 1.82) is 0 Å². The maximum Gasteiger partial charge on any atom is 0.326 e. The Labute approximate surface area is 117 Å². The smallest absolute Gasteiger partial charge is 0.326 e. The number of benzene rings is 1. The molecule has 1 atom stereocenters. The fraction of sp³-hybridized carbons (Fsp3) is 0.385. The molecule has 19 heavy (non-hydrogen) atoms. The van der Waals surface area contributed by atoms with E-state index in [1.807, 2.05) is 19.9 Å². The van der Waals surface area contributed by atoms with Crippen molar-refractivity contribution in [3.8, 4) is 0 Å². The number of halogens is 1. The Morgan fingerprint density at radius 3 is 2.68 bits per heavy atom. The summed E-state index contributed by atoms with van der Waals surface area (Å²) in [7, 11) is 0. The number of amides is 2. The predicted molar refractivity (Wildman–Crippen MR) is 74.7 cm³/mol. The van der Waals surface area contributed by atoms with Crippen LogP contribution >= 0.6 is 11.6 Å². The zero-order chi connectivity index (χ0) is 14.4. The number of hydrogen-bond acceptors (Lipinski definition) is 2. The molecule has 0 unspecified atom stereocenters. The number of rotatable bonds is 5. The number of anilines is 1. The molecule has 0 saturated carbocycles. The standard InChI is InChI=1S/C13H17ClN2O3/c1-3-5-10(12(17)18)16-13(19)15-9-7-4-6-8(2)11(9)14/h4,6-7,10H,3,5H2,1-2H3,(H,17,18)(H2,15,16,19)/t10-/m0/s1. The third-order valence-corrected chi connectivity index (χ3v) is 3.12. The van der Waals surface area contributed by atoms with Crippen molar-refractivity contribution in [1.82, 2.24) is 5.32 Å². The first-order valence-corrected chi connectivity index (χ1v) is 6.39. The van der Waals surface area contributed by atoms with Gasteiger partial charge in [-0.05, 0) is 25.0 Å². The van der Waals surface area contributed by atoms with Crippen LogP contribution < -0.4 is 10.6 Å². The van der Waals surface area contributed by atoms with E-state index >= 15 is 0 Å². The van der Waals surface area contributed by atoms with Crippen molar-refractivity contribution in [3.63, 3.8) is 0 Å². The second-order valence-electron chi connectivity index (χ2n) is 4.21. The molecule has 0 spiro atoms. The number of aliphatic carboxylic acids is 1. The van der Waals surface area contributed by atoms with E-state index in [-0.39, 0.29) is 0 Å². The largest absolute Gasteiger partial charge is 0.480 e. The van der Waals surface area contributed by atoms with E-state index < -0.39 is 18.0 Å². The number of aryl methyl sites for hydroxylation is 1. The topological polar surface area (TPSA) is 78.4 Å². The summed E-state index contributed by atoms with van der Waals surface area (Å²) in [4.78, 5) is 22.7. The van der Waals surface area contributed by atoms with E-state index in [0.29, 0.717) is 23.6 Å². The number of carboxylic acids is 1. The Bertz CT molecular complexity index is 477. The molecule has 0 aliphatic rings. The minimum absolute atomic E-state index is 0.379. The van der Waals surface area contributed by atoms with E-state index in [1.165, 1.54) is 0 Å². The molecule has 0 heterocycles. The van der Waals surface area contributed by atoms with Crippen molar-refractivity contribution >= 4 is 29.3 Å². The van der Waals surface area contributed by atoms with Gasteiger partial charge in [-0.1, -0.05) is 37.1 Å². The molecular formula is C13H17ClN2O3. The lowest BCUT2D eigenvalue weighted by Crippen LogP contribution is -2.42. The van der Waals surface area contributed by atoms with E-state index in [1.54, 1.807) is 12.1 Å². The molecule has 1 rings (SSSR count). The van der Waals surface area contributed by atoms with Gasteiger partial charge in [0.05, 0.1) is 10.7 Å². The summed E-state index contributed by atoms with van der Waals surface area (Å²) in [5.74, 6) is -1.05. The van der Waals surface area contributed by atoms with Crippen LogP contribution in [0.3, 0.4) is 0 Å². The average molecular weight is 285 g/mol. The molecule has 0 radical (unpaired) electrons. The second kappa shape index (κ2) is 6.99. The van der Waals surface area contributed by atoms with E-state index in [4.69, 9.17) is 16.7 Å². The molecule has 1 aromatic carbocycles. The number of nitrogens with one attached hydrogen (secondary N) is 2. The van der Waals surface area contributed by atoms with Crippen molar-refractivity contribution in [2.24, 2.45) is 0 Å². The number of carbonyl (C=O) groups excluding carboxylic acids is 1. The van der Waals surface area contributed by atoms with Crippen LogP contribution in [0.15, 0.2) is 18.2 Å². The van der Waals surface area contributed by atoms with Gasteiger partial charge in [-0.3, -0.25) is 0 Å². The third-order valence-electron chi connectivity index (χ3n) is 2.62. The number of carbonyl (C=O) groups is 2. The Kier molecular flexibility index (Phi) is 5.63. The van der Waals surface area contributed by atoms with Crippen LogP contribution in [0.4, 0.5) is 10.5 Å². The molecule has 0 aliphatic carbocycles. The van der Waals surface area contributed by atoms with Gasteiger partial charge in [0.1, 0.15) is 6.04 Å². The molecular weight excluding hydrogens is 268 g/mol. The van der Waals surface area contributed by atoms with Crippen molar-refractivity contribution in [3.05, 3.63) is 28.8 Å². The normalized spacial score (nSPS) is 11.7. The number of urea groups is 1. The van der Waals surface area contributed by atoms with Crippen molar-refractivity contribution < 1.29 is 14.7 Å². The van der Waals surface area contributed by atoms with Crippen LogP contribution in [0.25, 0.3) is 0 Å². The summed E-state index contributed by atoms with van der Waals surface area (Å²) in [5.41, 5.74) is 1.29. The van der Waals surface area contributed by atoms with Gasteiger partial charge in [-0.15, -0.1) is 0 Å². The predicted octanol–water partition coefficient (Wildman–Crippen LogP) is 3.02. The molecule has 2 amide bonds. The Morgan fingerprint density at radius 2 is 2.11 bits per heavy atom. The molecule has 3 N–H and O–H groups in total. The molecule has 1 aromatic rings. The minimum atomic E-state index is -1.05. The van der Waals surface area contributed by atoms with Gasteiger partial charge in [0.2, 0.25) is 0 Å². The van der Waals surface area contributed by atoms with E-state index in [2.05, 4.69) is 10.6 Å². The first-order chi connectivity index (χ1) is 8.95. The van der Waals surface area contributed by atoms with Crippen LogP contribution in [-0.4, -0.2) is 23.1 Å². The molecule has 0 bridgehead atoms. The van der Waals surface area contributed by atoms with E-state index in [9.17, 15) is 9.59 Å². The lowest BCUT2D eigenvalue weighted by atomic mass is 10.2. The van der Waals surface area contributed by atoms with Crippen LogP contribution in [0, 0.1) is 6.92 Å². The average Bonchev–Trinajstić information content (AvgIpc) is 2.34. The van der Waals surface area contributed by atoms with Gasteiger partial charge < -0.3 is 15.7 Å². The molecule has 0 saturated heterocycles. The maximum absolute atomic E-state index is 11.7. The molecule has 0 aliphatic heterocycles. The molecule has 6 heteroatoms. The zero-order valence-corrected chi connectivity index (χ0v) is 11.6. The summed E-state index contributed by atoms with van der Waals surface area (Å²) in [5, 5.41) is 14.3. The summed E-state index contributed by atoms with van der Waals surface area (Å²) in [6.45, 7) is 3.68. The highest BCUT2D eigenvalue weighted by Crippen LogP contribution is 2.24. The van der Waals surface area contributed by atoms with Gasteiger partial charge in [-0.25, -0.2) is 9.59 Å². The van der Waals surface area contributed by atoms with Gasteiger partial charge >= 0.3 is 12.0 Å².